The zero-order valence-corrected chi connectivity index (χ0v) is 12.6. The van der Waals surface area contributed by atoms with Crippen LogP contribution in [0.5, 0.6) is 0 Å². The summed E-state index contributed by atoms with van der Waals surface area (Å²) in [5.74, 6) is -1.31. The molecule has 1 aromatic rings. The van der Waals surface area contributed by atoms with Crippen molar-refractivity contribution in [2.75, 3.05) is 0 Å². The van der Waals surface area contributed by atoms with Crippen LogP contribution < -0.4 is 5.32 Å². The summed E-state index contributed by atoms with van der Waals surface area (Å²) < 4.78 is 0. The third-order valence-electron chi connectivity index (χ3n) is 2.66. The van der Waals surface area contributed by atoms with Crippen molar-refractivity contribution in [1.29, 1.82) is 0 Å². The van der Waals surface area contributed by atoms with E-state index in [2.05, 4.69) is 10.3 Å². The minimum absolute atomic E-state index is 0.153. The second kappa shape index (κ2) is 6.70. The Morgan fingerprint density at radius 1 is 1.40 bits per heavy atom. The predicted molar refractivity (Wildman–Crippen MR) is 77.0 cm³/mol. The number of carboxylic acids is 1. The zero-order valence-electron chi connectivity index (χ0n) is 11.9. The van der Waals surface area contributed by atoms with E-state index in [4.69, 9.17) is 16.7 Å². The van der Waals surface area contributed by atoms with Crippen LogP contribution in [0.2, 0.25) is 5.15 Å². The van der Waals surface area contributed by atoms with Crippen molar-refractivity contribution in [3.8, 4) is 0 Å². The Bertz CT molecular complexity index is 515. The summed E-state index contributed by atoms with van der Waals surface area (Å²) in [4.78, 5) is 27.0. The van der Waals surface area contributed by atoms with E-state index in [0.717, 1.165) is 18.5 Å². The number of rotatable bonds is 6. The molecule has 0 aromatic carbocycles. The number of carbonyl (C=O) groups excluding carboxylic acids is 1. The predicted octanol–water partition coefficient (Wildman–Crippen LogP) is 2.67. The van der Waals surface area contributed by atoms with Gasteiger partial charge in [-0.05, 0) is 32.4 Å². The third-order valence-corrected chi connectivity index (χ3v) is 2.85. The molecular formula is C14H19ClN2O3. The maximum Gasteiger partial charge on any atom is 0.305 e. The molecule has 0 radical (unpaired) electrons. The van der Waals surface area contributed by atoms with Gasteiger partial charge < -0.3 is 10.4 Å². The fourth-order valence-electron chi connectivity index (χ4n) is 1.87. The van der Waals surface area contributed by atoms with Crippen LogP contribution in [-0.2, 0) is 11.2 Å². The molecule has 0 spiro atoms. The molecule has 110 valence electrons. The highest BCUT2D eigenvalue weighted by molar-refractivity contribution is 6.29. The number of halogens is 1. The smallest absolute Gasteiger partial charge is 0.305 e. The number of aryl methyl sites for hydroxylation is 1. The highest BCUT2D eigenvalue weighted by atomic mass is 35.5. The first-order chi connectivity index (χ1) is 9.23. The van der Waals surface area contributed by atoms with Crippen molar-refractivity contribution in [1.82, 2.24) is 10.3 Å². The number of carbonyl (C=O) groups is 2. The molecular weight excluding hydrogens is 280 g/mol. The number of carboxylic acid groups (broad SMARTS) is 1. The monoisotopic (exact) mass is 298 g/mol. The van der Waals surface area contributed by atoms with Crippen LogP contribution in [0, 0.1) is 0 Å². The topological polar surface area (TPSA) is 79.3 Å². The van der Waals surface area contributed by atoms with E-state index in [9.17, 15) is 9.59 Å². The maximum atomic E-state index is 12.2. The summed E-state index contributed by atoms with van der Waals surface area (Å²) in [5, 5.41) is 11.8. The van der Waals surface area contributed by atoms with Gasteiger partial charge in [0, 0.05) is 16.8 Å². The lowest BCUT2D eigenvalue weighted by Gasteiger charge is -2.24. The van der Waals surface area contributed by atoms with Gasteiger partial charge in [-0.1, -0.05) is 24.9 Å². The molecule has 1 aromatic heterocycles. The minimum Gasteiger partial charge on any atom is -0.481 e. The number of pyridine rings is 1. The van der Waals surface area contributed by atoms with Gasteiger partial charge in [0.05, 0.1) is 6.42 Å². The summed E-state index contributed by atoms with van der Waals surface area (Å²) in [5.41, 5.74) is 0.317. The largest absolute Gasteiger partial charge is 0.481 e. The number of aromatic nitrogens is 1. The fourth-order valence-corrected chi connectivity index (χ4v) is 2.09. The quantitative estimate of drug-likeness (QED) is 0.791. The second-order valence-corrected chi connectivity index (χ2v) is 5.72. The van der Waals surface area contributed by atoms with Crippen LogP contribution in [0.1, 0.15) is 49.7 Å². The Morgan fingerprint density at radius 2 is 2.05 bits per heavy atom. The van der Waals surface area contributed by atoms with Crippen molar-refractivity contribution >= 4 is 23.5 Å². The Balaban J connectivity index is 2.89. The standard InChI is InChI=1S/C14H19ClN2O3/c1-4-5-10-6-9(7-11(15)16-10)13(20)17-14(2,3)8-12(18)19/h6-7H,4-5,8H2,1-3H3,(H,17,20)(H,18,19). The lowest BCUT2D eigenvalue weighted by molar-refractivity contribution is -0.138. The van der Waals surface area contributed by atoms with Gasteiger partial charge in [0.1, 0.15) is 5.15 Å². The Labute approximate surface area is 123 Å². The van der Waals surface area contributed by atoms with Gasteiger partial charge in [0.15, 0.2) is 0 Å². The maximum absolute atomic E-state index is 12.2. The SMILES string of the molecule is CCCc1cc(C(=O)NC(C)(C)CC(=O)O)cc(Cl)n1. The average molecular weight is 299 g/mol. The van der Waals surface area contributed by atoms with Gasteiger partial charge in [-0.15, -0.1) is 0 Å². The molecule has 0 aliphatic rings. The highest BCUT2D eigenvalue weighted by Crippen LogP contribution is 2.15. The first-order valence-electron chi connectivity index (χ1n) is 6.44. The third kappa shape index (κ3) is 5.17. The van der Waals surface area contributed by atoms with E-state index in [1.807, 2.05) is 6.92 Å². The molecule has 0 fully saturated rings. The first kappa shape index (κ1) is 16.4. The molecule has 0 atom stereocenters. The molecule has 5 nitrogen and oxygen atoms in total. The fraction of sp³-hybridized carbons (Fsp3) is 0.500. The van der Waals surface area contributed by atoms with Gasteiger partial charge >= 0.3 is 5.97 Å². The Hall–Kier alpha value is -1.62. The number of hydrogen-bond acceptors (Lipinski definition) is 3. The summed E-state index contributed by atoms with van der Waals surface area (Å²) in [6.07, 6.45) is 1.48. The van der Waals surface area contributed by atoms with Crippen LogP contribution in [0.25, 0.3) is 0 Å². The number of hydrogen-bond donors (Lipinski definition) is 2. The average Bonchev–Trinajstić information content (AvgIpc) is 2.25. The van der Waals surface area contributed by atoms with Gasteiger partial charge in [0.2, 0.25) is 0 Å². The van der Waals surface area contributed by atoms with Crippen molar-refractivity contribution < 1.29 is 14.7 Å². The number of amides is 1. The van der Waals surface area contributed by atoms with Crippen LogP contribution in [0.4, 0.5) is 0 Å². The van der Waals surface area contributed by atoms with Crippen molar-refractivity contribution in [3.05, 3.63) is 28.5 Å². The van der Waals surface area contributed by atoms with Crippen molar-refractivity contribution in [2.45, 2.75) is 45.6 Å². The van der Waals surface area contributed by atoms with E-state index in [0.29, 0.717) is 5.56 Å². The molecule has 0 aliphatic carbocycles. The molecule has 2 N–H and O–H groups in total. The van der Waals surface area contributed by atoms with Crippen molar-refractivity contribution in [2.24, 2.45) is 0 Å². The molecule has 0 aliphatic heterocycles. The first-order valence-corrected chi connectivity index (χ1v) is 6.82. The molecule has 6 heteroatoms. The lowest BCUT2D eigenvalue weighted by Crippen LogP contribution is -2.45. The minimum atomic E-state index is -0.963. The van der Waals surface area contributed by atoms with Gasteiger partial charge in [-0.25, -0.2) is 4.98 Å². The normalized spacial score (nSPS) is 11.2. The Morgan fingerprint density at radius 3 is 2.60 bits per heavy atom. The van der Waals surface area contributed by atoms with E-state index in [1.165, 1.54) is 6.07 Å². The molecule has 1 heterocycles. The van der Waals surface area contributed by atoms with E-state index in [-0.39, 0.29) is 17.5 Å². The Kier molecular flexibility index (Phi) is 5.51. The molecule has 20 heavy (non-hydrogen) atoms. The summed E-state index contributed by atoms with van der Waals surface area (Å²) >= 11 is 5.90. The lowest BCUT2D eigenvalue weighted by atomic mass is 10.00. The summed E-state index contributed by atoms with van der Waals surface area (Å²) in [7, 11) is 0. The molecule has 0 saturated heterocycles. The number of aliphatic carboxylic acids is 1. The van der Waals surface area contributed by atoms with Crippen LogP contribution in [-0.4, -0.2) is 27.5 Å². The van der Waals surface area contributed by atoms with Gasteiger partial charge in [-0.2, -0.15) is 0 Å². The summed E-state index contributed by atoms with van der Waals surface area (Å²) in [6, 6.07) is 3.16. The zero-order chi connectivity index (χ0) is 15.3. The molecule has 0 bridgehead atoms. The van der Waals surface area contributed by atoms with Crippen LogP contribution in [0.15, 0.2) is 12.1 Å². The summed E-state index contributed by atoms with van der Waals surface area (Å²) in [6.45, 7) is 5.34. The van der Waals surface area contributed by atoms with E-state index < -0.39 is 11.5 Å². The number of nitrogens with zero attached hydrogens (tertiary/aromatic N) is 1. The molecule has 1 amide bonds. The van der Waals surface area contributed by atoms with Crippen LogP contribution in [0.3, 0.4) is 0 Å². The van der Waals surface area contributed by atoms with Crippen molar-refractivity contribution in [3.63, 3.8) is 0 Å². The molecule has 0 unspecified atom stereocenters. The van der Waals surface area contributed by atoms with Gasteiger partial charge in [0.25, 0.3) is 5.91 Å². The number of nitrogens with one attached hydrogen (secondary N) is 1. The van der Waals surface area contributed by atoms with Crippen LogP contribution >= 0.6 is 11.6 Å². The second-order valence-electron chi connectivity index (χ2n) is 5.33. The van der Waals surface area contributed by atoms with Gasteiger partial charge in [-0.3, -0.25) is 9.59 Å². The highest BCUT2D eigenvalue weighted by Gasteiger charge is 2.24. The van der Waals surface area contributed by atoms with E-state index in [1.54, 1.807) is 19.9 Å². The van der Waals surface area contributed by atoms with E-state index >= 15 is 0 Å². The molecule has 0 saturated carbocycles. The molecule has 1 rings (SSSR count).